The van der Waals surface area contributed by atoms with Gasteiger partial charge in [-0.3, -0.25) is 4.79 Å². The van der Waals surface area contributed by atoms with E-state index in [-0.39, 0.29) is 12.4 Å². The molecule has 0 amide bonds. The second kappa shape index (κ2) is 5.73. The number of alkyl halides is 1. The summed E-state index contributed by atoms with van der Waals surface area (Å²) in [4.78, 5) is 11.1. The average molecular weight is 312 g/mol. The van der Waals surface area contributed by atoms with Gasteiger partial charge in [-0.15, -0.1) is 11.6 Å². The van der Waals surface area contributed by atoms with Gasteiger partial charge < -0.3 is 4.74 Å². The highest BCUT2D eigenvalue weighted by Crippen LogP contribution is 2.27. The molecule has 0 unspecified atom stereocenters. The Balaban J connectivity index is 3.09. The molecular formula is C10H9BrCl2O2. The lowest BCUT2D eigenvalue weighted by molar-refractivity contribution is -0.139. The molecule has 82 valence electrons. The van der Waals surface area contributed by atoms with E-state index in [0.717, 1.165) is 15.6 Å². The number of rotatable bonds is 3. The predicted molar refractivity (Wildman–Crippen MR) is 64.4 cm³/mol. The van der Waals surface area contributed by atoms with Crippen LogP contribution < -0.4 is 0 Å². The Morgan fingerprint density at radius 2 is 2.20 bits per heavy atom. The van der Waals surface area contributed by atoms with Crippen LogP contribution in [0.3, 0.4) is 0 Å². The molecule has 0 atom stereocenters. The Kier molecular flexibility index (Phi) is 4.90. The Morgan fingerprint density at radius 1 is 1.53 bits per heavy atom. The maximum atomic E-state index is 11.1. The first-order valence-electron chi connectivity index (χ1n) is 4.18. The first-order chi connectivity index (χ1) is 7.08. The van der Waals surface area contributed by atoms with Gasteiger partial charge in [-0.25, -0.2) is 0 Å². The van der Waals surface area contributed by atoms with E-state index in [1.54, 1.807) is 12.1 Å². The summed E-state index contributed by atoms with van der Waals surface area (Å²) in [6.45, 7) is 0. The van der Waals surface area contributed by atoms with Crippen LogP contribution in [0.25, 0.3) is 0 Å². The highest BCUT2D eigenvalue weighted by molar-refractivity contribution is 9.10. The zero-order valence-electron chi connectivity index (χ0n) is 8.02. The first-order valence-corrected chi connectivity index (χ1v) is 5.88. The maximum Gasteiger partial charge on any atom is 0.309 e. The number of benzene rings is 1. The van der Waals surface area contributed by atoms with E-state index < -0.39 is 0 Å². The minimum Gasteiger partial charge on any atom is -0.469 e. The van der Waals surface area contributed by atoms with E-state index in [1.165, 1.54) is 7.11 Å². The predicted octanol–water partition coefficient (Wildman–Crippen LogP) is 3.56. The van der Waals surface area contributed by atoms with Crippen molar-refractivity contribution >= 4 is 45.1 Å². The molecule has 0 radical (unpaired) electrons. The summed E-state index contributed by atoms with van der Waals surface area (Å²) in [6, 6.07) is 3.47. The van der Waals surface area contributed by atoms with Gasteiger partial charge in [0.1, 0.15) is 0 Å². The van der Waals surface area contributed by atoms with E-state index >= 15 is 0 Å². The maximum absolute atomic E-state index is 11.1. The molecule has 2 nitrogen and oxygen atoms in total. The average Bonchev–Trinajstić information content (AvgIpc) is 2.17. The highest BCUT2D eigenvalue weighted by Gasteiger charge is 2.11. The fraction of sp³-hybridized carbons (Fsp3) is 0.300. The van der Waals surface area contributed by atoms with Crippen molar-refractivity contribution in [3.8, 4) is 0 Å². The third kappa shape index (κ3) is 3.37. The molecule has 1 aromatic rings. The van der Waals surface area contributed by atoms with Crippen LogP contribution in [0.15, 0.2) is 16.6 Å². The minimum atomic E-state index is -0.310. The molecule has 0 fully saturated rings. The van der Waals surface area contributed by atoms with Crippen LogP contribution in [0.4, 0.5) is 0 Å². The van der Waals surface area contributed by atoms with Gasteiger partial charge in [-0.1, -0.05) is 27.5 Å². The van der Waals surface area contributed by atoms with Crippen molar-refractivity contribution in [3.05, 3.63) is 32.8 Å². The number of carbonyl (C=O) groups excluding carboxylic acids is 1. The minimum absolute atomic E-state index is 0.178. The molecule has 0 bridgehead atoms. The SMILES string of the molecule is COC(=O)Cc1cc(Cl)cc(Br)c1CCl. The highest BCUT2D eigenvalue weighted by atomic mass is 79.9. The van der Waals surface area contributed by atoms with E-state index in [4.69, 9.17) is 23.2 Å². The molecule has 0 N–H and O–H groups in total. The molecular weight excluding hydrogens is 303 g/mol. The molecule has 0 saturated carbocycles. The van der Waals surface area contributed by atoms with Crippen LogP contribution in [0.1, 0.15) is 11.1 Å². The van der Waals surface area contributed by atoms with Gasteiger partial charge >= 0.3 is 5.97 Å². The van der Waals surface area contributed by atoms with Crippen molar-refractivity contribution in [1.82, 2.24) is 0 Å². The molecule has 0 saturated heterocycles. The summed E-state index contributed by atoms with van der Waals surface area (Å²) in [5.41, 5.74) is 1.66. The first kappa shape index (κ1) is 12.8. The summed E-state index contributed by atoms with van der Waals surface area (Å²) in [7, 11) is 1.35. The van der Waals surface area contributed by atoms with Gasteiger partial charge in [-0.05, 0) is 23.3 Å². The smallest absolute Gasteiger partial charge is 0.309 e. The van der Waals surface area contributed by atoms with Crippen LogP contribution in [0.5, 0.6) is 0 Å². The van der Waals surface area contributed by atoms with Crippen molar-refractivity contribution in [1.29, 1.82) is 0 Å². The molecule has 5 heteroatoms. The third-order valence-electron chi connectivity index (χ3n) is 1.95. The van der Waals surface area contributed by atoms with E-state index in [2.05, 4.69) is 20.7 Å². The number of hydrogen-bond donors (Lipinski definition) is 0. The Hall–Kier alpha value is -0.250. The third-order valence-corrected chi connectivity index (χ3v) is 3.14. The standard InChI is InChI=1S/C10H9BrCl2O2/c1-15-10(14)3-6-2-7(13)4-9(11)8(6)5-12/h2,4H,3,5H2,1H3. The number of carbonyl (C=O) groups is 1. The van der Waals surface area contributed by atoms with Gasteiger partial charge in [0.25, 0.3) is 0 Å². The van der Waals surface area contributed by atoms with Crippen LogP contribution in [0.2, 0.25) is 5.02 Å². The molecule has 0 aromatic heterocycles. The topological polar surface area (TPSA) is 26.3 Å². The number of hydrogen-bond acceptors (Lipinski definition) is 2. The molecule has 1 aromatic carbocycles. The van der Waals surface area contributed by atoms with Crippen molar-refractivity contribution in [2.75, 3.05) is 7.11 Å². The zero-order chi connectivity index (χ0) is 11.4. The van der Waals surface area contributed by atoms with Crippen molar-refractivity contribution in [2.24, 2.45) is 0 Å². The Bertz CT molecular complexity index is 380. The van der Waals surface area contributed by atoms with Gasteiger partial charge in [0.2, 0.25) is 0 Å². The van der Waals surface area contributed by atoms with Crippen molar-refractivity contribution in [2.45, 2.75) is 12.3 Å². The Labute approximate surface area is 107 Å². The quantitative estimate of drug-likeness (QED) is 0.630. The summed E-state index contributed by atoms with van der Waals surface area (Å²) >= 11 is 15.0. The zero-order valence-corrected chi connectivity index (χ0v) is 11.1. The van der Waals surface area contributed by atoms with Gasteiger partial charge in [0.05, 0.1) is 13.5 Å². The molecule has 0 aliphatic heterocycles. The number of halogens is 3. The number of esters is 1. The molecule has 0 aliphatic rings. The van der Waals surface area contributed by atoms with Crippen LogP contribution in [-0.4, -0.2) is 13.1 Å². The van der Waals surface area contributed by atoms with Crippen LogP contribution in [-0.2, 0) is 21.8 Å². The second-order valence-electron chi connectivity index (χ2n) is 2.91. The monoisotopic (exact) mass is 310 g/mol. The summed E-state index contributed by atoms with van der Waals surface area (Å²) in [5.74, 6) is 0.0138. The fourth-order valence-electron chi connectivity index (χ4n) is 1.19. The lowest BCUT2D eigenvalue weighted by Gasteiger charge is -2.09. The van der Waals surface area contributed by atoms with Gasteiger partial charge in [0, 0.05) is 15.4 Å². The van der Waals surface area contributed by atoms with Crippen molar-refractivity contribution in [3.63, 3.8) is 0 Å². The normalized spacial score (nSPS) is 10.1. The Morgan fingerprint density at radius 3 is 2.73 bits per heavy atom. The largest absolute Gasteiger partial charge is 0.469 e. The molecule has 1 rings (SSSR count). The molecule has 0 heterocycles. The molecule has 15 heavy (non-hydrogen) atoms. The van der Waals surface area contributed by atoms with Crippen molar-refractivity contribution < 1.29 is 9.53 Å². The second-order valence-corrected chi connectivity index (χ2v) is 4.47. The summed E-state index contributed by atoms with van der Waals surface area (Å²) < 4.78 is 5.40. The number of methoxy groups -OCH3 is 1. The molecule has 0 spiro atoms. The van der Waals surface area contributed by atoms with Gasteiger partial charge in [-0.2, -0.15) is 0 Å². The summed E-state index contributed by atoms with van der Waals surface area (Å²) in [6.07, 6.45) is 0.178. The summed E-state index contributed by atoms with van der Waals surface area (Å²) in [5, 5.41) is 0.564. The molecule has 0 aliphatic carbocycles. The fourth-order valence-corrected chi connectivity index (χ4v) is 2.68. The van der Waals surface area contributed by atoms with E-state index in [0.29, 0.717) is 10.9 Å². The van der Waals surface area contributed by atoms with Crippen LogP contribution in [0, 0.1) is 0 Å². The lowest BCUT2D eigenvalue weighted by atomic mass is 10.1. The lowest BCUT2D eigenvalue weighted by Crippen LogP contribution is -2.06. The van der Waals surface area contributed by atoms with Crippen LogP contribution >= 0.6 is 39.1 Å². The van der Waals surface area contributed by atoms with Gasteiger partial charge in [0.15, 0.2) is 0 Å². The van der Waals surface area contributed by atoms with E-state index in [9.17, 15) is 4.79 Å². The number of ether oxygens (including phenoxy) is 1. The van der Waals surface area contributed by atoms with E-state index in [1.807, 2.05) is 0 Å².